The fourth-order valence-corrected chi connectivity index (χ4v) is 2.19. The molecule has 1 aliphatic rings. The molecule has 1 aliphatic carbocycles. The highest BCUT2D eigenvalue weighted by atomic mass is 16.1. The molecule has 0 aromatic carbocycles. The number of nitrogens with one attached hydrogen (secondary N) is 1. The summed E-state index contributed by atoms with van der Waals surface area (Å²) in [6, 6.07) is 3.69. The zero-order valence-corrected chi connectivity index (χ0v) is 11.0. The second-order valence-corrected chi connectivity index (χ2v) is 4.70. The number of nitriles is 1. The van der Waals surface area contributed by atoms with Gasteiger partial charge in [-0.05, 0) is 38.3 Å². The number of carbonyl (C=O) groups excluding carboxylic acids is 1. The van der Waals surface area contributed by atoms with Crippen LogP contribution in [0.3, 0.4) is 0 Å². The molecule has 0 amide bonds. The third-order valence-electron chi connectivity index (χ3n) is 3.16. The van der Waals surface area contributed by atoms with Crippen molar-refractivity contribution in [1.82, 2.24) is 4.68 Å². The lowest BCUT2D eigenvalue weighted by Gasteiger charge is -2.18. The van der Waals surface area contributed by atoms with Crippen molar-refractivity contribution < 1.29 is 4.79 Å². The van der Waals surface area contributed by atoms with Crippen molar-refractivity contribution in [3.63, 3.8) is 0 Å². The minimum atomic E-state index is -0.376. The van der Waals surface area contributed by atoms with Crippen LogP contribution in [-0.4, -0.2) is 10.5 Å². The predicted octanol–water partition coefficient (Wildman–Crippen LogP) is 1.52. The zero-order valence-electron chi connectivity index (χ0n) is 11.0. The Hall–Kier alpha value is -2.35. The Morgan fingerprint density at radius 3 is 2.68 bits per heavy atom. The highest BCUT2D eigenvalue weighted by Gasteiger charge is 2.14. The van der Waals surface area contributed by atoms with Crippen LogP contribution in [0.25, 0.3) is 0 Å². The van der Waals surface area contributed by atoms with Crippen LogP contribution in [0.15, 0.2) is 22.6 Å². The van der Waals surface area contributed by atoms with E-state index in [2.05, 4.69) is 5.43 Å². The maximum atomic E-state index is 12.2. The first kappa shape index (κ1) is 13.1. The molecule has 0 saturated carbocycles. The van der Waals surface area contributed by atoms with Gasteiger partial charge in [-0.3, -0.25) is 15.0 Å². The molecular weight excluding hydrogens is 242 g/mol. The van der Waals surface area contributed by atoms with Gasteiger partial charge in [-0.1, -0.05) is 0 Å². The summed E-state index contributed by atoms with van der Waals surface area (Å²) >= 11 is 0. The first-order valence-corrected chi connectivity index (χ1v) is 6.16. The molecule has 1 heterocycles. The van der Waals surface area contributed by atoms with Crippen molar-refractivity contribution in [3.8, 4) is 6.07 Å². The molecule has 0 radical (unpaired) electrons. The SMILES string of the molecule is Cc1cc(C)n(NC2=CC(=O)CCC2)c(=O)c1C#N. The summed E-state index contributed by atoms with van der Waals surface area (Å²) in [6.45, 7) is 3.52. The topological polar surface area (TPSA) is 74.9 Å². The van der Waals surface area contributed by atoms with Crippen molar-refractivity contribution in [3.05, 3.63) is 45.0 Å². The molecule has 0 unspecified atom stereocenters. The van der Waals surface area contributed by atoms with Crippen molar-refractivity contribution in [2.45, 2.75) is 33.1 Å². The molecule has 0 fully saturated rings. The number of hydrogen-bond acceptors (Lipinski definition) is 4. The van der Waals surface area contributed by atoms with Crippen LogP contribution in [-0.2, 0) is 4.79 Å². The minimum Gasteiger partial charge on any atom is -0.295 e. The molecule has 0 saturated heterocycles. The third-order valence-corrected chi connectivity index (χ3v) is 3.16. The largest absolute Gasteiger partial charge is 0.295 e. The van der Waals surface area contributed by atoms with Crippen LogP contribution in [0.1, 0.15) is 36.1 Å². The van der Waals surface area contributed by atoms with E-state index in [0.717, 1.165) is 12.8 Å². The molecule has 1 N–H and O–H groups in total. The van der Waals surface area contributed by atoms with Gasteiger partial charge in [-0.15, -0.1) is 0 Å². The van der Waals surface area contributed by atoms with Crippen molar-refractivity contribution in [1.29, 1.82) is 5.26 Å². The van der Waals surface area contributed by atoms with Gasteiger partial charge in [0.2, 0.25) is 0 Å². The summed E-state index contributed by atoms with van der Waals surface area (Å²) in [6.07, 6.45) is 3.59. The van der Waals surface area contributed by atoms with E-state index < -0.39 is 0 Å². The molecule has 0 aliphatic heterocycles. The number of allylic oxidation sites excluding steroid dienone is 2. The maximum Gasteiger partial charge on any atom is 0.287 e. The van der Waals surface area contributed by atoms with Crippen LogP contribution in [0.4, 0.5) is 0 Å². The first-order valence-electron chi connectivity index (χ1n) is 6.16. The van der Waals surface area contributed by atoms with Crippen LogP contribution in [0, 0.1) is 25.2 Å². The smallest absolute Gasteiger partial charge is 0.287 e. The summed E-state index contributed by atoms with van der Waals surface area (Å²) < 4.78 is 1.33. The summed E-state index contributed by atoms with van der Waals surface area (Å²) in [7, 11) is 0. The number of aryl methyl sites for hydroxylation is 2. The predicted molar refractivity (Wildman–Crippen MR) is 71.2 cm³/mol. The lowest BCUT2D eigenvalue weighted by molar-refractivity contribution is -0.115. The molecule has 5 nitrogen and oxygen atoms in total. The van der Waals surface area contributed by atoms with E-state index in [9.17, 15) is 9.59 Å². The van der Waals surface area contributed by atoms with Gasteiger partial charge < -0.3 is 0 Å². The summed E-state index contributed by atoms with van der Waals surface area (Å²) in [5.74, 6) is 0.0621. The Morgan fingerprint density at radius 2 is 2.05 bits per heavy atom. The van der Waals surface area contributed by atoms with E-state index in [-0.39, 0.29) is 16.9 Å². The van der Waals surface area contributed by atoms with Crippen LogP contribution in [0.2, 0.25) is 0 Å². The first-order chi connectivity index (χ1) is 9.02. The van der Waals surface area contributed by atoms with Gasteiger partial charge in [0.05, 0.1) is 0 Å². The summed E-state index contributed by atoms with van der Waals surface area (Å²) in [5.41, 5.74) is 4.78. The quantitative estimate of drug-likeness (QED) is 0.871. The maximum absolute atomic E-state index is 12.2. The van der Waals surface area contributed by atoms with Crippen LogP contribution in [0.5, 0.6) is 0 Å². The van der Waals surface area contributed by atoms with Gasteiger partial charge in [-0.25, -0.2) is 4.68 Å². The molecule has 2 rings (SSSR count). The second-order valence-electron chi connectivity index (χ2n) is 4.70. The summed E-state index contributed by atoms with van der Waals surface area (Å²) in [4.78, 5) is 23.5. The van der Waals surface area contributed by atoms with Gasteiger partial charge in [0, 0.05) is 23.9 Å². The highest BCUT2D eigenvalue weighted by molar-refractivity contribution is 5.91. The van der Waals surface area contributed by atoms with E-state index >= 15 is 0 Å². The molecular formula is C14H15N3O2. The second kappa shape index (κ2) is 5.11. The fourth-order valence-electron chi connectivity index (χ4n) is 2.19. The molecule has 19 heavy (non-hydrogen) atoms. The number of ketones is 1. The van der Waals surface area contributed by atoms with E-state index in [0.29, 0.717) is 23.4 Å². The van der Waals surface area contributed by atoms with E-state index in [4.69, 9.17) is 5.26 Å². The Balaban J connectivity index is 2.44. The minimum absolute atomic E-state index is 0.0621. The van der Waals surface area contributed by atoms with E-state index in [1.54, 1.807) is 19.9 Å². The monoisotopic (exact) mass is 257 g/mol. The van der Waals surface area contributed by atoms with Crippen LogP contribution < -0.4 is 11.0 Å². The Bertz CT molecular complexity index is 662. The number of nitrogens with zero attached hydrogens (tertiary/aromatic N) is 2. The Morgan fingerprint density at radius 1 is 1.32 bits per heavy atom. The Kier molecular flexibility index (Phi) is 3.52. The summed E-state index contributed by atoms with van der Waals surface area (Å²) in [5, 5.41) is 9.00. The molecule has 98 valence electrons. The van der Waals surface area contributed by atoms with Gasteiger partial charge in [0.1, 0.15) is 11.6 Å². The van der Waals surface area contributed by atoms with Crippen molar-refractivity contribution in [2.75, 3.05) is 5.43 Å². The number of hydrogen-bond donors (Lipinski definition) is 1. The lowest BCUT2D eigenvalue weighted by atomic mass is 10.0. The van der Waals surface area contributed by atoms with E-state index in [1.807, 2.05) is 6.07 Å². The molecule has 0 atom stereocenters. The number of pyridine rings is 1. The van der Waals surface area contributed by atoms with Gasteiger partial charge >= 0.3 is 0 Å². The molecule has 1 aromatic heterocycles. The average Bonchev–Trinajstić information content (AvgIpc) is 2.35. The standard InChI is InChI=1S/C14H15N3O2/c1-9-6-10(2)17(14(19)13(9)8-15)16-11-4-3-5-12(18)7-11/h6-7,16H,3-5H2,1-2H3. The van der Waals surface area contributed by atoms with Gasteiger partial charge in [0.25, 0.3) is 5.56 Å². The number of rotatable bonds is 2. The van der Waals surface area contributed by atoms with Crippen molar-refractivity contribution in [2.24, 2.45) is 0 Å². The fraction of sp³-hybridized carbons (Fsp3) is 0.357. The normalized spacial score (nSPS) is 14.8. The highest BCUT2D eigenvalue weighted by Crippen LogP contribution is 2.14. The van der Waals surface area contributed by atoms with Gasteiger partial charge in [-0.2, -0.15) is 5.26 Å². The van der Waals surface area contributed by atoms with E-state index in [1.165, 1.54) is 10.8 Å². The zero-order chi connectivity index (χ0) is 14.0. The molecule has 0 spiro atoms. The molecule has 5 heteroatoms. The van der Waals surface area contributed by atoms with Gasteiger partial charge in [0.15, 0.2) is 5.78 Å². The molecule has 0 bridgehead atoms. The molecule has 1 aromatic rings. The van der Waals surface area contributed by atoms with Crippen LogP contribution >= 0.6 is 0 Å². The number of aromatic nitrogens is 1. The van der Waals surface area contributed by atoms with Crippen molar-refractivity contribution >= 4 is 5.78 Å². The third kappa shape index (κ3) is 2.58. The average molecular weight is 257 g/mol. The Labute approximate surface area is 111 Å². The lowest BCUT2D eigenvalue weighted by Crippen LogP contribution is -2.33. The number of carbonyl (C=O) groups is 1.